The number of ether oxygens (including phenoxy) is 1. The number of amides is 1. The summed E-state index contributed by atoms with van der Waals surface area (Å²) in [6.07, 6.45) is 0. The SMILES string of the molecule is COc1ccc(-n2c(SCc3ccc(C(N)=O)cc3)nnc2-c2ccccc2[N+](=O)[O-])cc1. The minimum atomic E-state index is -0.484. The number of nitrogens with two attached hydrogens (primary N) is 1. The molecule has 3 aromatic carbocycles. The molecule has 0 saturated heterocycles. The number of hydrogen-bond donors (Lipinski definition) is 1. The van der Waals surface area contributed by atoms with Crippen LogP contribution in [0, 0.1) is 10.1 Å². The fourth-order valence-corrected chi connectivity index (χ4v) is 4.14. The molecule has 0 radical (unpaired) electrons. The lowest BCUT2D eigenvalue weighted by molar-refractivity contribution is -0.384. The Morgan fingerprint density at radius 1 is 1.06 bits per heavy atom. The third kappa shape index (κ3) is 4.70. The lowest BCUT2D eigenvalue weighted by Crippen LogP contribution is -2.10. The zero-order chi connectivity index (χ0) is 23.4. The molecule has 4 aromatic rings. The highest BCUT2D eigenvalue weighted by Gasteiger charge is 2.23. The number of carbonyl (C=O) groups excluding carboxylic acids is 1. The predicted octanol–water partition coefficient (Wildman–Crippen LogP) is 4.24. The van der Waals surface area contributed by atoms with Gasteiger partial charge in [0, 0.05) is 17.4 Å². The number of nitro groups is 1. The van der Waals surface area contributed by atoms with Gasteiger partial charge in [-0.25, -0.2) is 0 Å². The van der Waals surface area contributed by atoms with E-state index in [0.717, 1.165) is 11.3 Å². The minimum absolute atomic E-state index is 0.0572. The van der Waals surface area contributed by atoms with Gasteiger partial charge in [-0.2, -0.15) is 0 Å². The second-order valence-corrected chi connectivity index (χ2v) is 7.91. The summed E-state index contributed by atoms with van der Waals surface area (Å²) in [7, 11) is 1.58. The van der Waals surface area contributed by atoms with Crippen molar-refractivity contribution in [3.8, 4) is 22.8 Å². The molecule has 0 fully saturated rings. The van der Waals surface area contributed by atoms with E-state index >= 15 is 0 Å². The van der Waals surface area contributed by atoms with Gasteiger partial charge >= 0.3 is 0 Å². The van der Waals surface area contributed by atoms with Gasteiger partial charge in [0.15, 0.2) is 11.0 Å². The van der Waals surface area contributed by atoms with Crippen LogP contribution in [0.4, 0.5) is 5.69 Å². The molecule has 0 aliphatic heterocycles. The van der Waals surface area contributed by atoms with Crippen molar-refractivity contribution in [3.05, 3.63) is 94.0 Å². The maximum atomic E-state index is 11.6. The van der Waals surface area contributed by atoms with E-state index in [1.54, 1.807) is 54.1 Å². The molecule has 166 valence electrons. The number of benzene rings is 3. The first-order valence-corrected chi connectivity index (χ1v) is 10.8. The second-order valence-electron chi connectivity index (χ2n) is 6.96. The Kier molecular flexibility index (Phi) is 6.36. The van der Waals surface area contributed by atoms with E-state index in [9.17, 15) is 14.9 Å². The summed E-state index contributed by atoms with van der Waals surface area (Å²) in [5.74, 6) is 1.11. The number of para-hydroxylation sites is 1. The van der Waals surface area contributed by atoms with Crippen LogP contribution < -0.4 is 10.5 Å². The van der Waals surface area contributed by atoms with E-state index < -0.39 is 10.8 Å². The summed E-state index contributed by atoms with van der Waals surface area (Å²) in [5.41, 5.74) is 7.74. The molecule has 0 aliphatic rings. The molecular formula is C23H19N5O4S. The van der Waals surface area contributed by atoms with Crippen LogP contribution in [0.2, 0.25) is 0 Å². The second kappa shape index (κ2) is 9.53. The van der Waals surface area contributed by atoms with Crippen LogP contribution in [0.5, 0.6) is 5.75 Å². The van der Waals surface area contributed by atoms with E-state index in [1.807, 2.05) is 24.3 Å². The number of methoxy groups -OCH3 is 1. The molecule has 0 saturated carbocycles. The predicted molar refractivity (Wildman–Crippen MR) is 125 cm³/mol. The standard InChI is InChI=1S/C23H19N5O4S/c1-32-18-12-10-17(11-13-18)27-22(19-4-2-3-5-20(19)28(30)31)25-26-23(27)33-14-15-6-8-16(9-7-15)21(24)29/h2-13H,14H2,1H3,(H2,24,29). The van der Waals surface area contributed by atoms with E-state index in [0.29, 0.717) is 33.6 Å². The van der Waals surface area contributed by atoms with Gasteiger partial charge < -0.3 is 10.5 Å². The van der Waals surface area contributed by atoms with Crippen LogP contribution >= 0.6 is 11.8 Å². The van der Waals surface area contributed by atoms with Gasteiger partial charge in [-0.05, 0) is 48.0 Å². The lowest BCUT2D eigenvalue weighted by atomic mass is 10.1. The third-order valence-corrected chi connectivity index (χ3v) is 5.91. The maximum absolute atomic E-state index is 11.6. The third-order valence-electron chi connectivity index (χ3n) is 4.91. The summed E-state index contributed by atoms with van der Waals surface area (Å²) in [6, 6.07) is 20.7. The molecule has 0 spiro atoms. The molecule has 0 unspecified atom stereocenters. The van der Waals surface area contributed by atoms with Crippen LogP contribution in [0.25, 0.3) is 17.1 Å². The van der Waals surface area contributed by atoms with Crippen LogP contribution in [0.3, 0.4) is 0 Å². The highest BCUT2D eigenvalue weighted by Crippen LogP contribution is 2.34. The summed E-state index contributed by atoms with van der Waals surface area (Å²) in [6.45, 7) is 0. The van der Waals surface area contributed by atoms with Crippen molar-refractivity contribution in [1.82, 2.24) is 14.8 Å². The molecule has 1 aromatic heterocycles. The van der Waals surface area contributed by atoms with Gasteiger partial charge in [-0.3, -0.25) is 19.5 Å². The van der Waals surface area contributed by atoms with Gasteiger partial charge in [-0.15, -0.1) is 10.2 Å². The number of carbonyl (C=O) groups is 1. The fourth-order valence-electron chi connectivity index (χ4n) is 3.24. The van der Waals surface area contributed by atoms with Gasteiger partial charge in [0.1, 0.15) is 5.75 Å². The van der Waals surface area contributed by atoms with Crippen molar-refractivity contribution in [3.63, 3.8) is 0 Å². The lowest BCUT2D eigenvalue weighted by Gasteiger charge is -2.11. The number of hydrogen-bond acceptors (Lipinski definition) is 7. The molecule has 0 aliphatic carbocycles. The first-order valence-electron chi connectivity index (χ1n) is 9.83. The van der Waals surface area contributed by atoms with Crippen LogP contribution in [-0.4, -0.2) is 32.7 Å². The Morgan fingerprint density at radius 2 is 1.76 bits per heavy atom. The molecule has 4 rings (SSSR count). The fraction of sp³-hybridized carbons (Fsp3) is 0.0870. The normalized spacial score (nSPS) is 10.7. The molecule has 1 heterocycles. The zero-order valence-electron chi connectivity index (χ0n) is 17.5. The molecule has 33 heavy (non-hydrogen) atoms. The largest absolute Gasteiger partial charge is 0.497 e. The molecule has 10 heteroatoms. The van der Waals surface area contributed by atoms with E-state index in [-0.39, 0.29) is 5.69 Å². The van der Waals surface area contributed by atoms with E-state index in [2.05, 4.69) is 10.2 Å². The van der Waals surface area contributed by atoms with Gasteiger partial charge in [0.25, 0.3) is 5.69 Å². The highest BCUT2D eigenvalue weighted by molar-refractivity contribution is 7.98. The van der Waals surface area contributed by atoms with Crippen molar-refractivity contribution in [2.24, 2.45) is 5.73 Å². The first kappa shape index (κ1) is 22.0. The van der Waals surface area contributed by atoms with Crippen molar-refractivity contribution < 1.29 is 14.5 Å². The monoisotopic (exact) mass is 461 g/mol. The average Bonchev–Trinajstić information content (AvgIpc) is 3.26. The van der Waals surface area contributed by atoms with E-state index in [4.69, 9.17) is 10.5 Å². The average molecular weight is 462 g/mol. The van der Waals surface area contributed by atoms with Gasteiger partial charge in [-0.1, -0.05) is 36.0 Å². The van der Waals surface area contributed by atoms with Crippen LogP contribution in [0.15, 0.2) is 78.0 Å². The van der Waals surface area contributed by atoms with Crippen molar-refractivity contribution in [1.29, 1.82) is 0 Å². The Labute approximate surface area is 193 Å². The van der Waals surface area contributed by atoms with Crippen molar-refractivity contribution >= 4 is 23.4 Å². The van der Waals surface area contributed by atoms with Crippen LogP contribution in [-0.2, 0) is 5.75 Å². The summed E-state index contributed by atoms with van der Waals surface area (Å²) >= 11 is 1.42. The molecule has 1 amide bonds. The zero-order valence-corrected chi connectivity index (χ0v) is 18.4. The summed E-state index contributed by atoms with van der Waals surface area (Å²) < 4.78 is 7.03. The number of rotatable bonds is 8. The van der Waals surface area contributed by atoms with Crippen molar-refractivity contribution in [2.45, 2.75) is 10.9 Å². The van der Waals surface area contributed by atoms with E-state index in [1.165, 1.54) is 17.8 Å². The molecule has 2 N–H and O–H groups in total. The van der Waals surface area contributed by atoms with Gasteiger partial charge in [0.2, 0.25) is 5.91 Å². The maximum Gasteiger partial charge on any atom is 0.280 e. The highest BCUT2D eigenvalue weighted by atomic mass is 32.2. The number of nitro benzene ring substituents is 1. The molecular weight excluding hydrogens is 442 g/mol. The Morgan fingerprint density at radius 3 is 2.39 bits per heavy atom. The minimum Gasteiger partial charge on any atom is -0.497 e. The first-order chi connectivity index (χ1) is 16.0. The topological polar surface area (TPSA) is 126 Å². The van der Waals surface area contributed by atoms with Crippen molar-refractivity contribution in [2.75, 3.05) is 7.11 Å². The molecule has 0 bridgehead atoms. The number of thioether (sulfide) groups is 1. The Bertz CT molecular complexity index is 1300. The molecule has 9 nitrogen and oxygen atoms in total. The van der Waals surface area contributed by atoms with Crippen LogP contribution in [0.1, 0.15) is 15.9 Å². The molecule has 0 atom stereocenters. The number of primary amides is 1. The number of aromatic nitrogens is 3. The van der Waals surface area contributed by atoms with Gasteiger partial charge in [0.05, 0.1) is 23.3 Å². The summed E-state index contributed by atoms with van der Waals surface area (Å²) in [4.78, 5) is 22.5. The Hall–Kier alpha value is -4.18. The Balaban J connectivity index is 1.74. The number of nitrogens with zero attached hydrogens (tertiary/aromatic N) is 4. The quantitative estimate of drug-likeness (QED) is 0.236. The smallest absolute Gasteiger partial charge is 0.280 e. The summed E-state index contributed by atoms with van der Waals surface area (Å²) in [5, 5.41) is 20.8.